The van der Waals surface area contributed by atoms with Gasteiger partial charge < -0.3 is 15.5 Å². The van der Waals surface area contributed by atoms with Crippen molar-refractivity contribution in [3.8, 4) is 0 Å². The van der Waals surface area contributed by atoms with Gasteiger partial charge in [-0.25, -0.2) is 15.8 Å². The van der Waals surface area contributed by atoms with Gasteiger partial charge >= 0.3 is 0 Å². The van der Waals surface area contributed by atoms with Crippen molar-refractivity contribution in [1.82, 2.24) is 9.97 Å². The molecule has 0 bridgehead atoms. The molecule has 6 nitrogen and oxygen atoms in total. The van der Waals surface area contributed by atoms with Crippen LogP contribution in [0.5, 0.6) is 0 Å². The number of hydrogen-bond donors (Lipinski definition) is 3. The Balaban J connectivity index is 2.65. The lowest BCUT2D eigenvalue weighted by molar-refractivity contribution is 0.178. The van der Waals surface area contributed by atoms with E-state index in [2.05, 4.69) is 33.9 Å². The molecule has 1 atom stereocenters. The SMILES string of the molecule is COCc1nc(NN)cc(NCC(C)CSC)n1. The predicted molar refractivity (Wildman–Crippen MR) is 76.6 cm³/mol. The fourth-order valence-corrected chi connectivity index (χ4v) is 2.16. The van der Waals surface area contributed by atoms with Crippen LogP contribution in [0, 0.1) is 5.92 Å². The summed E-state index contributed by atoms with van der Waals surface area (Å²) in [5, 5.41) is 3.29. The van der Waals surface area contributed by atoms with E-state index in [1.807, 2.05) is 11.8 Å². The van der Waals surface area contributed by atoms with Gasteiger partial charge in [-0.2, -0.15) is 11.8 Å². The van der Waals surface area contributed by atoms with Crippen molar-refractivity contribution in [2.45, 2.75) is 13.5 Å². The highest BCUT2D eigenvalue weighted by molar-refractivity contribution is 7.98. The zero-order valence-corrected chi connectivity index (χ0v) is 11.9. The molecule has 0 amide bonds. The number of thioether (sulfide) groups is 1. The van der Waals surface area contributed by atoms with Crippen LogP contribution in [0.2, 0.25) is 0 Å². The molecule has 7 heteroatoms. The molecule has 1 aromatic heterocycles. The summed E-state index contributed by atoms with van der Waals surface area (Å²) in [6.45, 7) is 3.43. The van der Waals surface area contributed by atoms with Crippen LogP contribution in [0.1, 0.15) is 12.7 Å². The Kier molecular flexibility index (Phi) is 6.77. The van der Waals surface area contributed by atoms with Crippen molar-refractivity contribution in [2.75, 3.05) is 36.4 Å². The normalized spacial score (nSPS) is 12.2. The van der Waals surface area contributed by atoms with Crippen LogP contribution in [0.25, 0.3) is 0 Å². The highest BCUT2D eigenvalue weighted by Gasteiger charge is 2.06. The fourth-order valence-electron chi connectivity index (χ4n) is 1.48. The first kappa shape index (κ1) is 15.0. The largest absolute Gasteiger partial charge is 0.377 e. The van der Waals surface area contributed by atoms with E-state index in [4.69, 9.17) is 10.6 Å². The summed E-state index contributed by atoms with van der Waals surface area (Å²) in [4.78, 5) is 8.54. The molecule has 0 fully saturated rings. The maximum atomic E-state index is 5.38. The molecule has 0 saturated heterocycles. The van der Waals surface area contributed by atoms with Gasteiger partial charge in [-0.15, -0.1) is 0 Å². The average Bonchev–Trinajstić information content (AvgIpc) is 2.37. The number of ether oxygens (including phenoxy) is 1. The third kappa shape index (κ3) is 5.07. The monoisotopic (exact) mass is 271 g/mol. The van der Waals surface area contributed by atoms with Crippen molar-refractivity contribution >= 4 is 23.4 Å². The summed E-state index contributed by atoms with van der Waals surface area (Å²) in [6.07, 6.45) is 2.11. The Bertz CT molecular complexity index is 363. The van der Waals surface area contributed by atoms with Crippen molar-refractivity contribution < 1.29 is 4.74 Å². The van der Waals surface area contributed by atoms with Gasteiger partial charge in [-0.3, -0.25) is 0 Å². The quantitative estimate of drug-likeness (QED) is 0.485. The zero-order chi connectivity index (χ0) is 13.4. The molecule has 4 N–H and O–H groups in total. The molecule has 0 aliphatic heterocycles. The Morgan fingerprint density at radius 3 is 2.78 bits per heavy atom. The second-order valence-electron chi connectivity index (χ2n) is 4.07. The van der Waals surface area contributed by atoms with E-state index in [1.165, 1.54) is 0 Å². The minimum atomic E-state index is 0.366. The van der Waals surface area contributed by atoms with Crippen LogP contribution in [0.3, 0.4) is 0 Å². The molecule has 1 heterocycles. The molecule has 1 aromatic rings. The first-order chi connectivity index (χ1) is 8.69. The van der Waals surface area contributed by atoms with Gasteiger partial charge in [0.25, 0.3) is 0 Å². The van der Waals surface area contributed by atoms with Gasteiger partial charge in [0.1, 0.15) is 18.2 Å². The topological polar surface area (TPSA) is 85.1 Å². The van der Waals surface area contributed by atoms with Crippen LogP contribution < -0.4 is 16.6 Å². The predicted octanol–water partition coefficient (Wildman–Crippen LogP) is 1.32. The van der Waals surface area contributed by atoms with E-state index < -0.39 is 0 Å². The summed E-state index contributed by atoms with van der Waals surface area (Å²) in [5.74, 6) is 9.02. The van der Waals surface area contributed by atoms with E-state index >= 15 is 0 Å². The lowest BCUT2D eigenvalue weighted by Gasteiger charge is -2.13. The van der Waals surface area contributed by atoms with Gasteiger partial charge in [0.05, 0.1) is 0 Å². The summed E-state index contributed by atoms with van der Waals surface area (Å²) < 4.78 is 5.02. The molecule has 0 saturated carbocycles. The smallest absolute Gasteiger partial charge is 0.158 e. The number of nitrogens with zero attached hydrogens (tertiary/aromatic N) is 2. The third-order valence-electron chi connectivity index (χ3n) is 2.28. The lowest BCUT2D eigenvalue weighted by Crippen LogP contribution is -2.16. The minimum Gasteiger partial charge on any atom is -0.377 e. The van der Waals surface area contributed by atoms with Gasteiger partial charge in [-0.05, 0) is 17.9 Å². The Hall–Kier alpha value is -1.05. The lowest BCUT2D eigenvalue weighted by atomic mass is 10.2. The van der Waals surface area contributed by atoms with Crippen LogP contribution >= 0.6 is 11.8 Å². The van der Waals surface area contributed by atoms with E-state index in [9.17, 15) is 0 Å². The molecule has 0 spiro atoms. The van der Waals surface area contributed by atoms with Crippen LogP contribution in [0.15, 0.2) is 6.07 Å². The first-order valence-electron chi connectivity index (χ1n) is 5.76. The number of aromatic nitrogens is 2. The summed E-state index contributed by atoms with van der Waals surface area (Å²) in [7, 11) is 1.61. The summed E-state index contributed by atoms with van der Waals surface area (Å²) >= 11 is 1.84. The second-order valence-corrected chi connectivity index (χ2v) is 4.98. The maximum Gasteiger partial charge on any atom is 0.158 e. The Labute approximate surface area is 112 Å². The first-order valence-corrected chi connectivity index (χ1v) is 7.15. The summed E-state index contributed by atoms with van der Waals surface area (Å²) in [6, 6.07) is 1.78. The standard InChI is InChI=1S/C11H21N5OS/c1-8(7-18-3)5-13-9-4-10(16-12)15-11(14-9)6-17-2/h4,8H,5-7,12H2,1-3H3,(H2,13,14,15,16). The second kappa shape index (κ2) is 8.12. The number of nitrogen functional groups attached to an aromatic ring is 1. The molecule has 1 rings (SSSR count). The third-order valence-corrected chi connectivity index (χ3v) is 3.18. The number of nitrogens with one attached hydrogen (secondary N) is 2. The van der Waals surface area contributed by atoms with E-state index in [0.29, 0.717) is 24.2 Å². The van der Waals surface area contributed by atoms with Gasteiger partial charge in [-0.1, -0.05) is 6.92 Å². The number of nitrogens with two attached hydrogens (primary N) is 1. The van der Waals surface area contributed by atoms with Gasteiger partial charge in [0.2, 0.25) is 0 Å². The molecule has 0 aromatic carbocycles. The Morgan fingerprint density at radius 1 is 1.44 bits per heavy atom. The number of hydrogen-bond acceptors (Lipinski definition) is 7. The van der Waals surface area contributed by atoms with Gasteiger partial charge in [0.15, 0.2) is 5.82 Å². The average molecular weight is 271 g/mol. The highest BCUT2D eigenvalue weighted by Crippen LogP contribution is 2.12. The maximum absolute atomic E-state index is 5.38. The van der Waals surface area contributed by atoms with Crippen LogP contribution in [-0.2, 0) is 11.3 Å². The molecule has 1 unspecified atom stereocenters. The van der Waals surface area contributed by atoms with E-state index in [0.717, 1.165) is 18.1 Å². The van der Waals surface area contributed by atoms with Crippen molar-refractivity contribution in [1.29, 1.82) is 0 Å². The van der Waals surface area contributed by atoms with Crippen LogP contribution in [-0.4, -0.2) is 35.6 Å². The van der Waals surface area contributed by atoms with Gasteiger partial charge in [0, 0.05) is 19.7 Å². The highest BCUT2D eigenvalue weighted by atomic mass is 32.2. The van der Waals surface area contributed by atoms with E-state index in [-0.39, 0.29) is 0 Å². The minimum absolute atomic E-state index is 0.366. The van der Waals surface area contributed by atoms with E-state index in [1.54, 1.807) is 13.2 Å². The molecule has 102 valence electrons. The molecule has 0 radical (unpaired) electrons. The zero-order valence-electron chi connectivity index (χ0n) is 11.1. The van der Waals surface area contributed by atoms with Crippen molar-refractivity contribution in [3.63, 3.8) is 0 Å². The number of rotatable bonds is 8. The number of anilines is 2. The molecule has 0 aliphatic rings. The molecule has 18 heavy (non-hydrogen) atoms. The molecule has 0 aliphatic carbocycles. The van der Waals surface area contributed by atoms with Crippen LogP contribution in [0.4, 0.5) is 11.6 Å². The Morgan fingerprint density at radius 2 is 2.17 bits per heavy atom. The molecular formula is C11H21N5OS. The van der Waals surface area contributed by atoms with Crippen molar-refractivity contribution in [3.05, 3.63) is 11.9 Å². The number of hydrazine groups is 1. The van der Waals surface area contributed by atoms with Crippen molar-refractivity contribution in [2.24, 2.45) is 11.8 Å². The fraction of sp³-hybridized carbons (Fsp3) is 0.636. The summed E-state index contributed by atoms with van der Waals surface area (Å²) in [5.41, 5.74) is 2.53. The number of methoxy groups -OCH3 is 1. The molecular weight excluding hydrogens is 250 g/mol.